The van der Waals surface area contributed by atoms with Gasteiger partial charge in [0.15, 0.2) is 0 Å². The highest BCUT2D eigenvalue weighted by Gasteiger charge is 2.50. The van der Waals surface area contributed by atoms with Gasteiger partial charge in [0.1, 0.15) is 11.5 Å². The Balaban J connectivity index is 0.966. The van der Waals surface area contributed by atoms with Gasteiger partial charge in [0.05, 0.1) is 0 Å². The highest BCUT2D eigenvalue weighted by Crippen LogP contribution is 2.53. The number of fused-ring (bicyclic) bond motifs is 8. The van der Waals surface area contributed by atoms with Crippen molar-refractivity contribution in [3.05, 3.63) is 206 Å². The highest BCUT2D eigenvalue weighted by molar-refractivity contribution is 7.02. The molecule has 2 saturated carbocycles. The molecule has 0 unspecified atom stereocenters. The number of nitrogens with zero attached hydrogens (tertiary/aromatic N) is 4. The van der Waals surface area contributed by atoms with Gasteiger partial charge in [-0.2, -0.15) is 0 Å². The van der Waals surface area contributed by atoms with Crippen LogP contribution in [-0.4, -0.2) is 25.5 Å². The van der Waals surface area contributed by atoms with Crippen LogP contribution in [-0.2, 0) is 0 Å². The fraction of sp³-hybridized carbons (Fsp3) is 0.143. The molecule has 9 aromatic carbocycles. The molecule has 5 nitrogen and oxygen atoms in total. The zero-order chi connectivity index (χ0) is 45.6. The van der Waals surface area contributed by atoms with Crippen LogP contribution in [0.4, 0.5) is 56.9 Å². The van der Waals surface area contributed by atoms with Crippen LogP contribution in [0.1, 0.15) is 32.1 Å². The van der Waals surface area contributed by atoms with Crippen molar-refractivity contribution in [3.8, 4) is 22.6 Å². The Labute approximate surface area is 410 Å². The summed E-state index contributed by atoms with van der Waals surface area (Å²) in [6.45, 7) is -0.0808. The summed E-state index contributed by atoms with van der Waals surface area (Å²) < 4.78 is 7.60. The van der Waals surface area contributed by atoms with Gasteiger partial charge < -0.3 is 24.3 Å². The number of piperidine rings is 2. The minimum atomic E-state index is -0.0427. The van der Waals surface area contributed by atoms with Crippen molar-refractivity contribution in [3.63, 3.8) is 0 Å². The minimum absolute atomic E-state index is 0.0380. The van der Waals surface area contributed by atoms with Crippen LogP contribution in [0, 0.1) is 11.8 Å². The zero-order valence-electron chi connectivity index (χ0n) is 38.8. The van der Waals surface area contributed by atoms with Crippen molar-refractivity contribution >= 4 is 103 Å². The van der Waals surface area contributed by atoms with Crippen LogP contribution in [0.5, 0.6) is 11.5 Å². The molecule has 8 aliphatic rings. The second-order valence-corrected chi connectivity index (χ2v) is 20.8. The number of anilines is 10. The van der Waals surface area contributed by atoms with Gasteiger partial charge in [-0.3, -0.25) is 0 Å². The van der Waals surface area contributed by atoms with Crippen LogP contribution in [0.15, 0.2) is 206 Å². The summed E-state index contributed by atoms with van der Waals surface area (Å²) in [6.07, 6.45) is 6.65. The molecule has 70 heavy (non-hydrogen) atoms. The lowest BCUT2D eigenvalue weighted by molar-refractivity contribution is 0.0900. The van der Waals surface area contributed by atoms with E-state index < -0.39 is 0 Å². The van der Waals surface area contributed by atoms with E-state index in [-0.39, 0.29) is 13.4 Å². The van der Waals surface area contributed by atoms with E-state index in [2.05, 4.69) is 226 Å². The monoisotopic (exact) mass is 898 g/mol. The van der Waals surface area contributed by atoms with E-state index in [9.17, 15) is 0 Å². The first-order valence-corrected chi connectivity index (χ1v) is 25.5. The van der Waals surface area contributed by atoms with E-state index in [1.54, 1.807) is 0 Å². The number of ether oxygens (including phenoxy) is 1. The summed E-state index contributed by atoms with van der Waals surface area (Å²) in [6, 6.07) is 78.1. The molecular weight excluding hydrogens is 850 g/mol. The number of rotatable bonds is 5. The number of hydrogen-bond donors (Lipinski definition) is 0. The molecule has 2 saturated heterocycles. The summed E-state index contributed by atoms with van der Waals surface area (Å²) in [5, 5.41) is 0. The molecule has 0 aromatic heterocycles. The van der Waals surface area contributed by atoms with Crippen molar-refractivity contribution in [2.75, 3.05) is 19.6 Å². The smallest absolute Gasteiger partial charge is 0.256 e. The zero-order valence-corrected chi connectivity index (χ0v) is 38.8. The van der Waals surface area contributed by atoms with Crippen molar-refractivity contribution in [2.24, 2.45) is 11.8 Å². The van der Waals surface area contributed by atoms with E-state index in [0.717, 1.165) is 40.4 Å². The molecule has 0 amide bonds. The third kappa shape index (κ3) is 5.57. The molecule has 4 bridgehead atoms. The van der Waals surface area contributed by atoms with Gasteiger partial charge >= 0.3 is 0 Å². The van der Waals surface area contributed by atoms with E-state index >= 15 is 0 Å². The van der Waals surface area contributed by atoms with Gasteiger partial charge in [0.25, 0.3) is 13.4 Å². The summed E-state index contributed by atoms with van der Waals surface area (Å²) in [5.41, 5.74) is 22.0. The summed E-state index contributed by atoms with van der Waals surface area (Å²) in [7, 11) is 0. The number of benzene rings is 9. The van der Waals surface area contributed by atoms with Crippen LogP contribution in [0.2, 0.25) is 0 Å². The quantitative estimate of drug-likeness (QED) is 0.160. The largest absolute Gasteiger partial charge is 0.458 e. The Morgan fingerprint density at radius 2 is 0.800 bits per heavy atom. The molecule has 0 atom stereocenters. The van der Waals surface area contributed by atoms with Crippen molar-refractivity contribution in [2.45, 2.75) is 44.2 Å². The van der Waals surface area contributed by atoms with Crippen LogP contribution in [0.25, 0.3) is 11.1 Å². The second kappa shape index (κ2) is 14.8. The lowest BCUT2D eigenvalue weighted by Gasteiger charge is -2.57. The SMILES string of the molecule is c1ccc(-c2cc3c4c(c2)N(c2ccccc2)c2cc5c(cc2B4c2ccccc2N3c2ccccc2)B2c3ccccc3N(c3ccccc3)c3cc(N4C6CC7CC(C6)CC4C7)cc(c32)O5)cc1. The maximum Gasteiger partial charge on any atom is 0.256 e. The van der Waals surface area contributed by atoms with E-state index in [0.29, 0.717) is 12.1 Å². The molecule has 17 rings (SSSR count). The van der Waals surface area contributed by atoms with Gasteiger partial charge in [0, 0.05) is 81.1 Å². The van der Waals surface area contributed by atoms with Gasteiger partial charge in [-0.05, 0) is 155 Å². The molecule has 0 N–H and O–H groups in total. The number of hydrogen-bond acceptors (Lipinski definition) is 5. The Kier molecular flexibility index (Phi) is 8.25. The predicted molar refractivity (Wildman–Crippen MR) is 292 cm³/mol. The second-order valence-electron chi connectivity index (χ2n) is 20.8. The minimum Gasteiger partial charge on any atom is -0.458 e. The van der Waals surface area contributed by atoms with Crippen molar-refractivity contribution < 1.29 is 4.74 Å². The fourth-order valence-corrected chi connectivity index (χ4v) is 14.6. The summed E-state index contributed by atoms with van der Waals surface area (Å²) in [5.74, 6) is 3.65. The Morgan fingerprint density at radius 1 is 0.329 bits per heavy atom. The first-order chi connectivity index (χ1) is 34.7. The van der Waals surface area contributed by atoms with Gasteiger partial charge in [0.2, 0.25) is 0 Å². The van der Waals surface area contributed by atoms with E-state index in [1.807, 2.05) is 0 Å². The lowest BCUT2D eigenvalue weighted by Crippen LogP contribution is -2.64. The normalized spacial score (nSPS) is 20.2. The Bertz CT molecular complexity index is 3560. The maximum atomic E-state index is 7.60. The van der Waals surface area contributed by atoms with Gasteiger partial charge in [-0.1, -0.05) is 127 Å². The third-order valence-corrected chi connectivity index (χ3v) is 17.1. The number of para-hydroxylation sites is 5. The van der Waals surface area contributed by atoms with Crippen molar-refractivity contribution in [1.29, 1.82) is 0 Å². The molecular formula is C63H48B2N4O. The predicted octanol–water partition coefficient (Wildman–Crippen LogP) is 11.6. The van der Waals surface area contributed by atoms with Gasteiger partial charge in [-0.25, -0.2) is 0 Å². The fourth-order valence-electron chi connectivity index (χ4n) is 14.6. The molecule has 6 heterocycles. The summed E-state index contributed by atoms with van der Waals surface area (Å²) in [4.78, 5) is 10.4. The molecule has 0 radical (unpaired) electrons. The lowest BCUT2D eigenvalue weighted by atomic mass is 9.30. The molecule has 7 heteroatoms. The van der Waals surface area contributed by atoms with E-state index in [1.165, 1.54) is 116 Å². The van der Waals surface area contributed by atoms with Gasteiger partial charge in [-0.15, -0.1) is 0 Å². The third-order valence-electron chi connectivity index (χ3n) is 17.1. The maximum absolute atomic E-state index is 7.60. The molecule has 0 spiro atoms. The molecule has 332 valence electrons. The standard InChI is InChI=1S/C63H48B2N4O/c1-5-17-42(18-6-1)43-34-57-62-58(35-43)69(46-23-11-4-12-24-46)56-39-60-53(38-52(56)64(62)50-25-13-15-27-54(50)67(57)44-19-7-2-8-20-44)65-51-26-14-16-28-55(51)68(45-21-9-3-10-22-45)59-36-49(37-61(70-60)63(59)65)66-47-30-40-29-41(32-47)33-48(66)31-40/h1-28,34-41,47-48H,29-33H2. The average Bonchev–Trinajstić information content (AvgIpc) is 3.41. The molecule has 2 aliphatic carbocycles. The first kappa shape index (κ1) is 39.0. The molecule has 9 aromatic rings. The summed E-state index contributed by atoms with van der Waals surface area (Å²) >= 11 is 0. The Hall–Kier alpha value is -7.89. The molecule has 4 fully saturated rings. The van der Waals surface area contributed by atoms with E-state index in [4.69, 9.17) is 4.74 Å². The van der Waals surface area contributed by atoms with Crippen LogP contribution < -0.4 is 57.1 Å². The highest BCUT2D eigenvalue weighted by atomic mass is 16.5. The molecule has 6 aliphatic heterocycles. The van der Waals surface area contributed by atoms with Crippen LogP contribution >= 0.6 is 0 Å². The first-order valence-electron chi connectivity index (χ1n) is 25.5. The average molecular weight is 899 g/mol. The van der Waals surface area contributed by atoms with Crippen molar-refractivity contribution in [1.82, 2.24) is 0 Å². The van der Waals surface area contributed by atoms with Crippen LogP contribution in [0.3, 0.4) is 0 Å². The topological polar surface area (TPSA) is 22.2 Å². The Morgan fingerprint density at radius 3 is 1.36 bits per heavy atom.